The lowest BCUT2D eigenvalue weighted by molar-refractivity contribution is 0.0564. The molecule has 1 aliphatic heterocycles. The zero-order valence-corrected chi connectivity index (χ0v) is 21.7. The lowest BCUT2D eigenvalue weighted by atomic mass is 9.69. The van der Waals surface area contributed by atoms with Gasteiger partial charge in [0.2, 0.25) is 0 Å². The van der Waals surface area contributed by atoms with E-state index in [4.69, 9.17) is 4.74 Å². The maximum atomic E-state index is 13.5. The molecule has 6 rings (SSSR count). The van der Waals surface area contributed by atoms with E-state index in [1.807, 2.05) is 6.07 Å². The summed E-state index contributed by atoms with van der Waals surface area (Å²) in [4.78, 5) is 28.0. The fourth-order valence-corrected chi connectivity index (χ4v) is 6.04. The number of carbonyl (C=O) groups is 2. The van der Waals surface area contributed by atoms with E-state index in [0.717, 1.165) is 33.7 Å². The summed E-state index contributed by atoms with van der Waals surface area (Å²) in [6.07, 6.45) is 5.83. The second-order valence-corrected chi connectivity index (χ2v) is 11.0. The lowest BCUT2D eigenvalue weighted by Gasteiger charge is -2.34. The van der Waals surface area contributed by atoms with Crippen molar-refractivity contribution >= 4 is 29.7 Å². The molecule has 1 fully saturated rings. The van der Waals surface area contributed by atoms with Crippen LogP contribution in [0.25, 0.3) is 23.3 Å². The molecule has 0 aromatic heterocycles. The first kappa shape index (κ1) is 24.6. The third-order valence-electron chi connectivity index (χ3n) is 8.06. The number of carbonyl (C=O) groups excluding carboxylic acids is 2. The van der Waals surface area contributed by atoms with Gasteiger partial charge >= 0.3 is 6.03 Å². The second-order valence-electron chi connectivity index (χ2n) is 11.0. The molecule has 3 aromatic carbocycles. The van der Waals surface area contributed by atoms with Crippen LogP contribution in [0.3, 0.4) is 0 Å². The number of fused-ring (bicyclic) bond motifs is 5. The number of amides is 2. The molecular weight excluding hydrogens is 479 g/mol. The van der Waals surface area contributed by atoms with Gasteiger partial charge in [-0.1, -0.05) is 44.2 Å². The van der Waals surface area contributed by atoms with Crippen molar-refractivity contribution in [1.29, 1.82) is 0 Å². The molecule has 1 N–H and O–H groups in total. The summed E-state index contributed by atoms with van der Waals surface area (Å²) in [5.74, 6) is -0.614. The first-order valence-corrected chi connectivity index (χ1v) is 13.2. The standard InChI is InChI=1S/C32H31FN2O3/c1-32(2)19-22(30(36)21-3-7-23(33)8-4-21)17-28-26-10-6-20-5-9-24(18-27(20)25(26)11-12-29(28)32)34-31(37)35-13-15-38-16-14-35/h3-5,7-12,17-18,22H,6,13-16,19H2,1-2H3,(H,34,37). The van der Waals surface area contributed by atoms with Crippen LogP contribution in [0.5, 0.6) is 0 Å². The van der Waals surface area contributed by atoms with E-state index < -0.39 is 0 Å². The Morgan fingerprint density at radius 3 is 2.50 bits per heavy atom. The molecular formula is C32H31FN2O3. The van der Waals surface area contributed by atoms with Crippen LogP contribution in [0.1, 0.15) is 41.8 Å². The zero-order chi connectivity index (χ0) is 26.4. The Morgan fingerprint density at radius 1 is 0.974 bits per heavy atom. The summed E-state index contributed by atoms with van der Waals surface area (Å²) in [6.45, 7) is 6.67. The molecule has 1 atom stereocenters. The Labute approximate surface area is 221 Å². The van der Waals surface area contributed by atoms with Crippen LogP contribution >= 0.6 is 0 Å². The van der Waals surface area contributed by atoms with Crippen molar-refractivity contribution in [2.75, 3.05) is 31.6 Å². The van der Waals surface area contributed by atoms with E-state index in [1.165, 1.54) is 23.3 Å². The number of benzene rings is 3. The predicted octanol–water partition coefficient (Wildman–Crippen LogP) is 4.65. The average Bonchev–Trinajstić information content (AvgIpc) is 2.92. The van der Waals surface area contributed by atoms with Gasteiger partial charge < -0.3 is 15.0 Å². The average molecular weight is 511 g/mol. The Hall–Kier alpha value is -3.77. The van der Waals surface area contributed by atoms with Crippen molar-refractivity contribution in [1.82, 2.24) is 4.90 Å². The Kier molecular flexibility index (Phi) is 6.15. The summed E-state index contributed by atoms with van der Waals surface area (Å²) in [7, 11) is 0. The van der Waals surface area contributed by atoms with Crippen LogP contribution < -0.4 is 15.8 Å². The second kappa shape index (κ2) is 9.52. The van der Waals surface area contributed by atoms with Gasteiger partial charge in [-0.25, -0.2) is 9.18 Å². The minimum atomic E-state index is -0.345. The Bertz CT molecular complexity index is 1550. The van der Waals surface area contributed by atoms with Crippen molar-refractivity contribution in [2.45, 2.75) is 32.1 Å². The number of hydrogen-bond donors (Lipinski definition) is 1. The van der Waals surface area contributed by atoms with Gasteiger partial charge in [-0.05, 0) is 87.3 Å². The molecule has 0 radical (unpaired) electrons. The molecule has 38 heavy (non-hydrogen) atoms. The minimum absolute atomic E-state index is 0.0191. The van der Waals surface area contributed by atoms with E-state index >= 15 is 0 Å². The number of ketones is 1. The normalized spacial score (nSPS) is 19.2. The molecule has 1 heterocycles. The van der Waals surface area contributed by atoms with Gasteiger partial charge in [0.15, 0.2) is 5.78 Å². The van der Waals surface area contributed by atoms with E-state index in [1.54, 1.807) is 17.0 Å². The minimum Gasteiger partial charge on any atom is -0.378 e. The number of Topliss-reactive ketones (excluding diaryl/α,β-unsaturated/α-hetero) is 1. The zero-order valence-electron chi connectivity index (χ0n) is 21.7. The number of morpholine rings is 1. The molecule has 0 saturated carbocycles. The largest absolute Gasteiger partial charge is 0.378 e. The van der Waals surface area contributed by atoms with Gasteiger partial charge in [-0.2, -0.15) is 0 Å². The quantitative estimate of drug-likeness (QED) is 0.522. The van der Waals surface area contributed by atoms with Crippen LogP contribution in [-0.4, -0.2) is 43.0 Å². The smallest absolute Gasteiger partial charge is 0.321 e. The van der Waals surface area contributed by atoms with E-state index in [0.29, 0.717) is 38.3 Å². The molecule has 0 spiro atoms. The van der Waals surface area contributed by atoms with Crippen LogP contribution in [0.2, 0.25) is 0 Å². The highest BCUT2D eigenvalue weighted by Crippen LogP contribution is 2.35. The molecule has 2 aliphatic carbocycles. The van der Waals surface area contributed by atoms with Gasteiger partial charge in [-0.15, -0.1) is 0 Å². The van der Waals surface area contributed by atoms with Gasteiger partial charge in [-0.3, -0.25) is 4.79 Å². The molecule has 194 valence electrons. The van der Waals surface area contributed by atoms with Crippen LogP contribution in [0.15, 0.2) is 54.6 Å². The van der Waals surface area contributed by atoms with Crippen molar-refractivity contribution in [2.24, 2.45) is 5.92 Å². The molecule has 1 saturated heterocycles. The number of urea groups is 1. The Balaban J connectivity index is 1.38. The molecule has 5 nitrogen and oxygen atoms in total. The number of nitrogens with one attached hydrogen (secondary N) is 1. The van der Waals surface area contributed by atoms with Gasteiger partial charge in [0, 0.05) is 30.3 Å². The summed E-state index contributed by atoms with van der Waals surface area (Å²) in [5.41, 5.74) is 5.75. The number of nitrogens with zero attached hydrogens (tertiary/aromatic N) is 1. The van der Waals surface area contributed by atoms with Crippen LogP contribution in [0, 0.1) is 11.7 Å². The maximum absolute atomic E-state index is 13.5. The van der Waals surface area contributed by atoms with Gasteiger partial charge in [0.1, 0.15) is 5.82 Å². The topological polar surface area (TPSA) is 58.6 Å². The molecule has 3 aromatic rings. The third-order valence-corrected chi connectivity index (χ3v) is 8.06. The van der Waals surface area contributed by atoms with E-state index in [-0.39, 0.29) is 29.0 Å². The first-order chi connectivity index (χ1) is 18.3. The molecule has 1 unspecified atom stereocenters. The number of rotatable bonds is 3. The molecule has 0 bridgehead atoms. The highest BCUT2D eigenvalue weighted by atomic mass is 19.1. The van der Waals surface area contributed by atoms with Gasteiger partial charge in [0.25, 0.3) is 0 Å². The van der Waals surface area contributed by atoms with E-state index in [2.05, 4.69) is 55.6 Å². The summed E-state index contributed by atoms with van der Waals surface area (Å²) in [6, 6.07) is 16.2. The number of ether oxygens (including phenoxy) is 1. The summed E-state index contributed by atoms with van der Waals surface area (Å²) >= 11 is 0. The molecule has 2 amide bonds. The van der Waals surface area contributed by atoms with Crippen molar-refractivity contribution in [3.63, 3.8) is 0 Å². The summed E-state index contributed by atoms with van der Waals surface area (Å²) in [5, 5.41) is 5.29. The van der Waals surface area contributed by atoms with E-state index in [9.17, 15) is 14.0 Å². The first-order valence-electron chi connectivity index (χ1n) is 13.2. The number of halogens is 1. The predicted molar refractivity (Wildman–Crippen MR) is 147 cm³/mol. The highest BCUT2D eigenvalue weighted by molar-refractivity contribution is 6.01. The van der Waals surface area contributed by atoms with Crippen molar-refractivity contribution in [3.05, 3.63) is 87.5 Å². The van der Waals surface area contributed by atoms with Crippen molar-refractivity contribution < 1.29 is 18.7 Å². The summed E-state index contributed by atoms with van der Waals surface area (Å²) < 4.78 is 18.8. The SMILES string of the molecule is CC1(C)CC(C(=O)c2ccc(F)cc2)C=c2c1ccc1c2=CCc2ccc(NC(=O)N3CCOCC3)cc2-1. The number of anilines is 1. The van der Waals surface area contributed by atoms with Crippen LogP contribution in [0.4, 0.5) is 14.9 Å². The third kappa shape index (κ3) is 4.43. The highest BCUT2D eigenvalue weighted by Gasteiger charge is 2.34. The van der Waals surface area contributed by atoms with Crippen LogP contribution in [-0.2, 0) is 16.6 Å². The molecule has 6 heteroatoms. The maximum Gasteiger partial charge on any atom is 0.321 e. The fraction of sp³-hybridized carbons (Fsp3) is 0.312. The number of hydrogen-bond acceptors (Lipinski definition) is 3. The monoisotopic (exact) mass is 510 g/mol. The Morgan fingerprint density at radius 2 is 1.74 bits per heavy atom. The van der Waals surface area contributed by atoms with Crippen molar-refractivity contribution in [3.8, 4) is 11.1 Å². The lowest BCUT2D eigenvalue weighted by Crippen LogP contribution is -2.43. The van der Waals surface area contributed by atoms with Gasteiger partial charge in [0.05, 0.1) is 13.2 Å². The molecule has 3 aliphatic rings. The fourth-order valence-electron chi connectivity index (χ4n) is 6.04.